The number of rotatable bonds is 9. The number of hydrogen-bond donors (Lipinski definition) is 2. The van der Waals surface area contributed by atoms with Crippen molar-refractivity contribution in [1.29, 1.82) is 0 Å². The third-order valence-electron chi connectivity index (χ3n) is 4.93. The predicted molar refractivity (Wildman–Crippen MR) is 119 cm³/mol. The second kappa shape index (κ2) is 10.1. The number of amides is 1. The topological polar surface area (TPSA) is 84.9 Å². The van der Waals surface area contributed by atoms with Gasteiger partial charge in [0.25, 0.3) is 5.91 Å². The van der Waals surface area contributed by atoms with Gasteiger partial charge in [0.05, 0.1) is 13.2 Å². The van der Waals surface area contributed by atoms with Gasteiger partial charge in [-0.2, -0.15) is 0 Å². The lowest BCUT2D eigenvalue weighted by molar-refractivity contribution is -0.153. The van der Waals surface area contributed by atoms with Crippen LogP contribution in [0.4, 0.5) is 0 Å². The molecule has 0 aliphatic rings. The highest BCUT2D eigenvalue weighted by molar-refractivity contribution is 5.98. The fourth-order valence-corrected chi connectivity index (χ4v) is 3.44. The Hall–Kier alpha value is -3.38. The number of benzene rings is 3. The van der Waals surface area contributed by atoms with E-state index in [0.29, 0.717) is 11.3 Å². The molecule has 0 heterocycles. The van der Waals surface area contributed by atoms with Crippen molar-refractivity contribution in [2.45, 2.75) is 39.0 Å². The van der Waals surface area contributed by atoms with Crippen LogP contribution in [0, 0.1) is 0 Å². The zero-order valence-electron chi connectivity index (χ0n) is 17.9. The first kappa shape index (κ1) is 22.3. The molecule has 0 saturated heterocycles. The van der Waals surface area contributed by atoms with Crippen LogP contribution in [-0.4, -0.2) is 36.3 Å². The third-order valence-corrected chi connectivity index (χ3v) is 4.93. The molecule has 0 bridgehead atoms. The molecule has 0 aliphatic carbocycles. The van der Waals surface area contributed by atoms with Crippen molar-refractivity contribution in [3.63, 3.8) is 0 Å². The minimum Gasteiger partial charge on any atom is -0.496 e. The van der Waals surface area contributed by atoms with Crippen molar-refractivity contribution in [1.82, 2.24) is 5.32 Å². The van der Waals surface area contributed by atoms with Gasteiger partial charge < -0.3 is 19.9 Å². The minimum absolute atomic E-state index is 0.190. The molecule has 1 atom stereocenters. The van der Waals surface area contributed by atoms with E-state index in [9.17, 15) is 14.7 Å². The molecule has 0 saturated carbocycles. The van der Waals surface area contributed by atoms with Gasteiger partial charge in [-0.15, -0.1) is 0 Å². The molecular weight excluding hydrogens is 394 g/mol. The summed E-state index contributed by atoms with van der Waals surface area (Å²) in [6, 6.07) is 18.9. The molecule has 0 radical (unpaired) electrons. The molecule has 1 unspecified atom stereocenters. The normalized spacial score (nSPS) is 12.0. The summed E-state index contributed by atoms with van der Waals surface area (Å²) >= 11 is 0. The van der Waals surface area contributed by atoms with Crippen LogP contribution in [0.3, 0.4) is 0 Å². The summed E-state index contributed by atoms with van der Waals surface area (Å²) in [5.41, 5.74) is 2.14. The Bertz CT molecular complexity index is 1080. The van der Waals surface area contributed by atoms with Crippen molar-refractivity contribution in [2.75, 3.05) is 7.11 Å². The number of carbonyl (C=O) groups excluding carboxylic acids is 1. The van der Waals surface area contributed by atoms with Gasteiger partial charge in [0.1, 0.15) is 5.75 Å². The standard InChI is InChI=1S/C25H27NO5/c1-16(2)31-23(25(28)29)13-17-8-11-22(30-3)21(12-17)15-26-24(27)20-10-9-18-6-4-5-7-19(18)14-20/h4-12,14,16,23H,13,15H2,1-3H3,(H,26,27)(H,28,29). The van der Waals surface area contributed by atoms with Gasteiger partial charge >= 0.3 is 5.97 Å². The molecule has 1 amide bonds. The monoisotopic (exact) mass is 421 g/mol. The summed E-state index contributed by atoms with van der Waals surface area (Å²) in [6.07, 6.45) is -0.906. The van der Waals surface area contributed by atoms with Crippen LogP contribution in [-0.2, 0) is 22.5 Å². The molecule has 162 valence electrons. The fraction of sp³-hybridized carbons (Fsp3) is 0.280. The molecule has 6 nitrogen and oxygen atoms in total. The molecule has 0 fully saturated rings. The van der Waals surface area contributed by atoms with E-state index < -0.39 is 12.1 Å². The average Bonchev–Trinajstić information content (AvgIpc) is 2.76. The van der Waals surface area contributed by atoms with E-state index in [1.54, 1.807) is 33.1 Å². The SMILES string of the molecule is COc1ccc(CC(OC(C)C)C(=O)O)cc1CNC(=O)c1ccc2ccccc2c1. The summed E-state index contributed by atoms with van der Waals surface area (Å²) in [6.45, 7) is 3.86. The Kier molecular flexibility index (Phi) is 7.26. The number of carbonyl (C=O) groups is 2. The largest absolute Gasteiger partial charge is 0.496 e. The predicted octanol–water partition coefficient (Wildman–Crippen LogP) is 4.20. The smallest absolute Gasteiger partial charge is 0.333 e. The maximum absolute atomic E-state index is 12.7. The second-order valence-electron chi connectivity index (χ2n) is 7.61. The molecule has 2 N–H and O–H groups in total. The van der Waals surface area contributed by atoms with E-state index in [0.717, 1.165) is 21.9 Å². The zero-order chi connectivity index (χ0) is 22.4. The Morgan fingerprint density at radius 1 is 1.00 bits per heavy atom. The number of ether oxygens (including phenoxy) is 2. The highest BCUT2D eigenvalue weighted by atomic mass is 16.5. The summed E-state index contributed by atoms with van der Waals surface area (Å²) < 4.78 is 10.9. The van der Waals surface area contributed by atoms with Crippen LogP contribution >= 0.6 is 0 Å². The molecule has 0 aliphatic heterocycles. The van der Waals surface area contributed by atoms with Gasteiger partial charge in [-0.05, 0) is 48.4 Å². The molecular formula is C25H27NO5. The van der Waals surface area contributed by atoms with Crippen molar-refractivity contribution in [2.24, 2.45) is 0 Å². The van der Waals surface area contributed by atoms with Gasteiger partial charge in [0, 0.05) is 24.1 Å². The summed E-state index contributed by atoms with van der Waals surface area (Å²) in [4.78, 5) is 24.2. The average molecular weight is 421 g/mol. The third kappa shape index (κ3) is 5.83. The van der Waals surface area contributed by atoms with Crippen LogP contribution in [0.5, 0.6) is 5.75 Å². The van der Waals surface area contributed by atoms with Gasteiger partial charge in [0.15, 0.2) is 6.10 Å². The van der Waals surface area contributed by atoms with Gasteiger partial charge in [0.2, 0.25) is 0 Å². The first-order valence-corrected chi connectivity index (χ1v) is 10.2. The summed E-state index contributed by atoms with van der Waals surface area (Å²) in [5.74, 6) is -0.570. The van der Waals surface area contributed by atoms with Gasteiger partial charge in [-0.1, -0.05) is 42.5 Å². The first-order valence-electron chi connectivity index (χ1n) is 10.2. The number of fused-ring (bicyclic) bond motifs is 1. The van der Waals surface area contributed by atoms with Crippen LogP contribution in [0.1, 0.15) is 35.3 Å². The summed E-state index contributed by atoms with van der Waals surface area (Å²) in [7, 11) is 1.56. The lowest BCUT2D eigenvalue weighted by Gasteiger charge is -2.18. The first-order chi connectivity index (χ1) is 14.9. The van der Waals surface area contributed by atoms with Crippen LogP contribution in [0.15, 0.2) is 60.7 Å². The van der Waals surface area contributed by atoms with Crippen LogP contribution in [0.25, 0.3) is 10.8 Å². The Morgan fingerprint density at radius 2 is 1.74 bits per heavy atom. The van der Waals surface area contributed by atoms with E-state index in [2.05, 4.69) is 5.32 Å². The maximum Gasteiger partial charge on any atom is 0.333 e. The number of aliphatic carboxylic acids is 1. The van der Waals surface area contributed by atoms with Crippen LogP contribution in [0.2, 0.25) is 0 Å². The molecule has 31 heavy (non-hydrogen) atoms. The molecule has 6 heteroatoms. The van der Waals surface area contributed by atoms with E-state index in [-0.39, 0.29) is 25.0 Å². The highest BCUT2D eigenvalue weighted by Gasteiger charge is 2.21. The molecule has 3 aromatic rings. The Labute approximate surface area is 181 Å². The molecule has 0 aromatic heterocycles. The lowest BCUT2D eigenvalue weighted by Crippen LogP contribution is -2.29. The molecule has 3 rings (SSSR count). The fourth-order valence-electron chi connectivity index (χ4n) is 3.44. The molecule has 3 aromatic carbocycles. The Balaban J connectivity index is 1.74. The number of carboxylic acid groups (broad SMARTS) is 1. The van der Waals surface area contributed by atoms with Crippen molar-refractivity contribution in [3.8, 4) is 5.75 Å². The minimum atomic E-state index is -1.00. The Morgan fingerprint density at radius 3 is 2.42 bits per heavy atom. The van der Waals surface area contributed by atoms with E-state index in [1.165, 1.54) is 0 Å². The molecule has 0 spiro atoms. The van der Waals surface area contributed by atoms with Crippen molar-refractivity contribution < 1.29 is 24.2 Å². The van der Waals surface area contributed by atoms with Gasteiger partial charge in [-0.25, -0.2) is 4.79 Å². The van der Waals surface area contributed by atoms with E-state index >= 15 is 0 Å². The van der Waals surface area contributed by atoms with E-state index in [4.69, 9.17) is 9.47 Å². The zero-order valence-corrected chi connectivity index (χ0v) is 17.9. The van der Waals surface area contributed by atoms with Crippen LogP contribution < -0.4 is 10.1 Å². The number of nitrogens with one attached hydrogen (secondary N) is 1. The number of methoxy groups -OCH3 is 1. The quantitative estimate of drug-likeness (QED) is 0.541. The number of carboxylic acids is 1. The lowest BCUT2D eigenvalue weighted by atomic mass is 10.0. The maximum atomic E-state index is 12.7. The van der Waals surface area contributed by atoms with Crippen molar-refractivity contribution >= 4 is 22.6 Å². The summed E-state index contributed by atoms with van der Waals surface area (Å²) in [5, 5.41) is 14.4. The van der Waals surface area contributed by atoms with Gasteiger partial charge in [-0.3, -0.25) is 4.79 Å². The second-order valence-corrected chi connectivity index (χ2v) is 7.61. The van der Waals surface area contributed by atoms with E-state index in [1.807, 2.05) is 48.5 Å². The number of hydrogen-bond acceptors (Lipinski definition) is 4. The van der Waals surface area contributed by atoms with Crippen molar-refractivity contribution in [3.05, 3.63) is 77.4 Å². The highest BCUT2D eigenvalue weighted by Crippen LogP contribution is 2.22.